The standard InChI is InChI=1S/C17H12N2O4/c18-10-5-9(17(22)23)6-11(7-10)19-14-8-15(20)12-3-1-2-4-13(12)16(14)21/h1-8,19H,18H2,(H,22,23). The molecule has 0 aliphatic heterocycles. The Bertz CT molecular complexity index is 884. The summed E-state index contributed by atoms with van der Waals surface area (Å²) in [5, 5.41) is 11.8. The van der Waals surface area contributed by atoms with Crippen LogP contribution in [0, 0.1) is 0 Å². The highest BCUT2D eigenvalue weighted by Gasteiger charge is 2.25. The van der Waals surface area contributed by atoms with Crippen molar-refractivity contribution in [3.8, 4) is 0 Å². The van der Waals surface area contributed by atoms with Crippen molar-refractivity contribution in [2.24, 2.45) is 0 Å². The largest absolute Gasteiger partial charge is 0.478 e. The molecular weight excluding hydrogens is 296 g/mol. The molecule has 23 heavy (non-hydrogen) atoms. The van der Waals surface area contributed by atoms with Crippen LogP contribution in [0.2, 0.25) is 0 Å². The third-order valence-corrected chi connectivity index (χ3v) is 3.44. The van der Waals surface area contributed by atoms with Crippen molar-refractivity contribution in [2.45, 2.75) is 0 Å². The van der Waals surface area contributed by atoms with Gasteiger partial charge in [0.25, 0.3) is 0 Å². The quantitative estimate of drug-likeness (QED) is 0.751. The van der Waals surface area contributed by atoms with Crippen molar-refractivity contribution in [3.05, 3.63) is 70.9 Å². The summed E-state index contributed by atoms with van der Waals surface area (Å²) in [5.41, 5.74) is 6.96. The highest BCUT2D eigenvalue weighted by Crippen LogP contribution is 2.24. The Labute approximate surface area is 131 Å². The summed E-state index contributed by atoms with van der Waals surface area (Å²) in [4.78, 5) is 35.6. The van der Waals surface area contributed by atoms with E-state index >= 15 is 0 Å². The fourth-order valence-corrected chi connectivity index (χ4v) is 2.41. The van der Waals surface area contributed by atoms with Gasteiger partial charge < -0.3 is 16.2 Å². The molecule has 0 atom stereocenters. The zero-order chi connectivity index (χ0) is 16.6. The molecule has 0 aromatic heterocycles. The van der Waals surface area contributed by atoms with Crippen molar-refractivity contribution in [2.75, 3.05) is 11.1 Å². The first kappa shape index (κ1) is 14.5. The first-order valence-electron chi connectivity index (χ1n) is 6.76. The Hall–Kier alpha value is -3.41. The van der Waals surface area contributed by atoms with E-state index in [1.165, 1.54) is 24.3 Å². The molecule has 0 amide bonds. The average molecular weight is 308 g/mol. The number of nitrogens with one attached hydrogen (secondary N) is 1. The minimum atomic E-state index is -1.13. The van der Waals surface area contributed by atoms with Crippen LogP contribution < -0.4 is 11.1 Å². The Morgan fingerprint density at radius 3 is 2.43 bits per heavy atom. The summed E-state index contributed by atoms with van der Waals surface area (Å²) >= 11 is 0. The fourth-order valence-electron chi connectivity index (χ4n) is 2.41. The number of carboxylic acids is 1. The minimum absolute atomic E-state index is 0.0110. The van der Waals surface area contributed by atoms with Gasteiger partial charge in [-0.15, -0.1) is 0 Å². The monoisotopic (exact) mass is 308 g/mol. The number of Topliss-reactive ketones (excluding diaryl/α,β-unsaturated/α-hetero) is 1. The SMILES string of the molecule is Nc1cc(NC2=CC(=O)c3ccccc3C2=O)cc(C(=O)O)c1. The van der Waals surface area contributed by atoms with Crippen LogP contribution >= 0.6 is 0 Å². The Morgan fingerprint density at radius 2 is 1.74 bits per heavy atom. The van der Waals surface area contributed by atoms with Gasteiger partial charge in [-0.3, -0.25) is 9.59 Å². The maximum atomic E-state index is 12.4. The number of nitrogens with two attached hydrogens (primary N) is 1. The number of fused-ring (bicyclic) bond motifs is 1. The van der Waals surface area contributed by atoms with Crippen LogP contribution in [-0.4, -0.2) is 22.6 Å². The van der Waals surface area contributed by atoms with Gasteiger partial charge in [0.1, 0.15) is 0 Å². The molecule has 1 aliphatic carbocycles. The van der Waals surface area contributed by atoms with Crippen molar-refractivity contribution < 1.29 is 19.5 Å². The minimum Gasteiger partial charge on any atom is -0.478 e. The van der Waals surface area contributed by atoms with E-state index in [-0.39, 0.29) is 28.5 Å². The number of nitrogen functional groups attached to an aromatic ring is 1. The van der Waals surface area contributed by atoms with Crippen LogP contribution in [0.4, 0.5) is 11.4 Å². The van der Waals surface area contributed by atoms with Gasteiger partial charge in [0, 0.05) is 28.6 Å². The number of ketones is 2. The molecule has 0 heterocycles. The number of rotatable bonds is 3. The normalized spacial score (nSPS) is 13.3. The molecule has 0 radical (unpaired) electrons. The summed E-state index contributed by atoms with van der Waals surface area (Å²) in [6, 6.07) is 10.7. The maximum Gasteiger partial charge on any atom is 0.335 e. The highest BCUT2D eigenvalue weighted by atomic mass is 16.4. The van der Waals surface area contributed by atoms with Gasteiger partial charge in [0.15, 0.2) is 5.78 Å². The fraction of sp³-hybridized carbons (Fsp3) is 0. The lowest BCUT2D eigenvalue weighted by molar-refractivity contribution is 0.0696. The van der Waals surface area contributed by atoms with Gasteiger partial charge in [0.2, 0.25) is 5.78 Å². The molecule has 6 heteroatoms. The number of aromatic carboxylic acids is 1. The van der Waals surface area contributed by atoms with Gasteiger partial charge in [-0.25, -0.2) is 4.79 Å². The molecule has 3 rings (SSSR count). The average Bonchev–Trinajstić information content (AvgIpc) is 2.52. The van der Waals surface area contributed by atoms with Gasteiger partial charge in [-0.05, 0) is 18.2 Å². The Balaban J connectivity index is 1.97. The Kier molecular flexibility index (Phi) is 3.42. The van der Waals surface area contributed by atoms with Crippen LogP contribution in [0.5, 0.6) is 0 Å². The third kappa shape index (κ3) is 2.69. The number of anilines is 2. The van der Waals surface area contributed by atoms with Crippen molar-refractivity contribution in [3.63, 3.8) is 0 Å². The van der Waals surface area contributed by atoms with Crippen molar-refractivity contribution in [1.29, 1.82) is 0 Å². The zero-order valence-corrected chi connectivity index (χ0v) is 11.9. The number of allylic oxidation sites excluding steroid dienone is 2. The lowest BCUT2D eigenvalue weighted by Crippen LogP contribution is -2.21. The van der Waals surface area contributed by atoms with Crippen LogP contribution in [0.1, 0.15) is 31.1 Å². The molecule has 2 aromatic carbocycles. The van der Waals surface area contributed by atoms with Gasteiger partial charge in [-0.2, -0.15) is 0 Å². The molecule has 0 fully saturated rings. The summed E-state index contributed by atoms with van der Waals surface area (Å²) in [6.07, 6.45) is 1.20. The van der Waals surface area contributed by atoms with E-state index < -0.39 is 5.97 Å². The number of carbonyl (C=O) groups is 3. The van der Waals surface area contributed by atoms with Gasteiger partial charge >= 0.3 is 5.97 Å². The van der Waals surface area contributed by atoms with E-state index in [1.54, 1.807) is 24.3 Å². The predicted octanol–water partition coefficient (Wildman–Crippen LogP) is 2.34. The number of carboxylic acid groups (broad SMARTS) is 1. The molecule has 114 valence electrons. The third-order valence-electron chi connectivity index (χ3n) is 3.44. The van der Waals surface area contributed by atoms with E-state index in [2.05, 4.69) is 5.32 Å². The van der Waals surface area contributed by atoms with Crippen LogP contribution in [-0.2, 0) is 0 Å². The van der Waals surface area contributed by atoms with Gasteiger partial charge in [-0.1, -0.05) is 24.3 Å². The number of carbonyl (C=O) groups excluding carboxylic acids is 2. The first-order valence-corrected chi connectivity index (χ1v) is 6.76. The second-order valence-electron chi connectivity index (χ2n) is 5.07. The van der Waals surface area contributed by atoms with Gasteiger partial charge in [0.05, 0.1) is 11.3 Å². The molecule has 0 spiro atoms. The summed E-state index contributed by atoms with van der Waals surface area (Å²) < 4.78 is 0. The molecular formula is C17H12N2O4. The number of hydrogen-bond donors (Lipinski definition) is 3. The molecule has 0 saturated heterocycles. The summed E-state index contributed by atoms with van der Waals surface area (Å²) in [5.74, 6) is -1.75. The van der Waals surface area contributed by atoms with Crippen LogP contribution in [0.15, 0.2) is 54.2 Å². The number of hydrogen-bond acceptors (Lipinski definition) is 5. The van der Waals surface area contributed by atoms with Crippen molar-refractivity contribution in [1.82, 2.24) is 0 Å². The summed E-state index contributed by atoms with van der Waals surface area (Å²) in [6.45, 7) is 0. The second-order valence-corrected chi connectivity index (χ2v) is 5.07. The predicted molar refractivity (Wildman–Crippen MR) is 84.6 cm³/mol. The molecule has 6 nitrogen and oxygen atoms in total. The van der Waals surface area contributed by atoms with Crippen LogP contribution in [0.25, 0.3) is 0 Å². The smallest absolute Gasteiger partial charge is 0.335 e. The molecule has 2 aromatic rings. The van der Waals surface area contributed by atoms with E-state index in [0.717, 1.165) is 0 Å². The molecule has 4 N–H and O–H groups in total. The lowest BCUT2D eigenvalue weighted by atomic mass is 9.92. The first-order chi connectivity index (χ1) is 11.0. The molecule has 1 aliphatic rings. The molecule has 0 bridgehead atoms. The van der Waals surface area contributed by atoms with E-state index in [9.17, 15) is 14.4 Å². The van der Waals surface area contributed by atoms with E-state index in [0.29, 0.717) is 16.8 Å². The van der Waals surface area contributed by atoms with Crippen LogP contribution in [0.3, 0.4) is 0 Å². The van der Waals surface area contributed by atoms with Crippen molar-refractivity contribution >= 4 is 28.9 Å². The summed E-state index contributed by atoms with van der Waals surface area (Å²) in [7, 11) is 0. The maximum absolute atomic E-state index is 12.4. The second kappa shape index (κ2) is 5.42. The lowest BCUT2D eigenvalue weighted by Gasteiger charge is -2.17. The van der Waals surface area contributed by atoms with E-state index in [1.807, 2.05) is 0 Å². The topological polar surface area (TPSA) is 109 Å². The highest BCUT2D eigenvalue weighted by molar-refractivity contribution is 6.25. The molecule has 0 unspecified atom stereocenters. The number of benzene rings is 2. The van der Waals surface area contributed by atoms with E-state index in [4.69, 9.17) is 10.8 Å². The Morgan fingerprint density at radius 1 is 1.04 bits per heavy atom. The molecule has 0 saturated carbocycles. The zero-order valence-electron chi connectivity index (χ0n) is 11.9.